The van der Waals surface area contributed by atoms with E-state index in [0.717, 1.165) is 10.6 Å². The van der Waals surface area contributed by atoms with Crippen molar-refractivity contribution >= 4 is 45.3 Å². The van der Waals surface area contributed by atoms with E-state index in [-0.39, 0.29) is 11.8 Å². The van der Waals surface area contributed by atoms with Crippen molar-refractivity contribution < 1.29 is 9.59 Å². The second-order valence-electron chi connectivity index (χ2n) is 6.13. The third-order valence-electron chi connectivity index (χ3n) is 4.04. The zero-order chi connectivity index (χ0) is 20.1. The lowest BCUT2D eigenvalue weighted by molar-refractivity contribution is 0.102. The summed E-state index contributed by atoms with van der Waals surface area (Å²) in [6.45, 7) is 0. The maximum atomic E-state index is 12.4. The van der Waals surface area contributed by atoms with Crippen LogP contribution < -0.4 is 10.6 Å². The van der Waals surface area contributed by atoms with E-state index >= 15 is 0 Å². The molecule has 2 amide bonds. The van der Waals surface area contributed by atoms with Crippen molar-refractivity contribution in [3.63, 3.8) is 0 Å². The molecular formula is C21H16N4O2S2. The Morgan fingerprint density at radius 2 is 1.62 bits per heavy atom. The van der Waals surface area contributed by atoms with Crippen molar-refractivity contribution in [2.45, 2.75) is 6.42 Å². The van der Waals surface area contributed by atoms with Crippen LogP contribution in [0.25, 0.3) is 0 Å². The first-order valence-electron chi connectivity index (χ1n) is 8.80. The Balaban J connectivity index is 1.35. The third kappa shape index (κ3) is 4.92. The number of amides is 2. The van der Waals surface area contributed by atoms with Crippen LogP contribution in [-0.2, 0) is 6.42 Å². The van der Waals surface area contributed by atoms with Gasteiger partial charge in [0.15, 0.2) is 0 Å². The molecular weight excluding hydrogens is 404 g/mol. The molecule has 29 heavy (non-hydrogen) atoms. The van der Waals surface area contributed by atoms with Crippen molar-refractivity contribution in [1.82, 2.24) is 10.2 Å². The van der Waals surface area contributed by atoms with Gasteiger partial charge in [-0.25, -0.2) is 0 Å². The summed E-state index contributed by atoms with van der Waals surface area (Å²) in [5, 5.41) is 16.9. The number of rotatable bonds is 6. The summed E-state index contributed by atoms with van der Waals surface area (Å²) < 4.78 is 0. The second-order valence-corrected chi connectivity index (χ2v) is 8.14. The van der Waals surface area contributed by atoms with E-state index in [1.54, 1.807) is 30.3 Å². The number of hydrogen-bond donors (Lipinski definition) is 2. The van der Waals surface area contributed by atoms with Gasteiger partial charge in [-0.15, -0.1) is 21.5 Å². The summed E-state index contributed by atoms with van der Waals surface area (Å²) in [4.78, 5) is 25.2. The first-order chi connectivity index (χ1) is 14.2. The first-order valence-corrected chi connectivity index (χ1v) is 10.5. The van der Waals surface area contributed by atoms with Crippen LogP contribution in [0.4, 0.5) is 10.8 Å². The Labute approximate surface area is 175 Å². The lowest BCUT2D eigenvalue weighted by atomic mass is 10.2. The molecule has 0 aliphatic carbocycles. The standard InChI is InChI=1S/C21H16N4O2S2/c26-19(23-21-25-24-18(29-21)13-14-5-2-1-3-6-14)15-8-10-16(11-9-15)22-20(27)17-7-4-12-28-17/h1-12H,13H2,(H,22,27)(H,23,25,26). The average Bonchev–Trinajstić information content (AvgIpc) is 3.42. The van der Waals surface area contributed by atoms with E-state index in [0.29, 0.717) is 27.7 Å². The van der Waals surface area contributed by atoms with Crippen LogP contribution >= 0.6 is 22.7 Å². The minimum absolute atomic E-state index is 0.169. The molecule has 2 aromatic heterocycles. The summed E-state index contributed by atoms with van der Waals surface area (Å²) in [5.74, 6) is -0.444. The fourth-order valence-electron chi connectivity index (χ4n) is 2.62. The Kier molecular flexibility index (Phi) is 5.73. The van der Waals surface area contributed by atoms with Gasteiger partial charge in [0.1, 0.15) is 5.01 Å². The number of carbonyl (C=O) groups excluding carboxylic acids is 2. The highest BCUT2D eigenvalue weighted by atomic mass is 32.1. The summed E-state index contributed by atoms with van der Waals surface area (Å²) in [6.07, 6.45) is 0.674. The molecule has 0 radical (unpaired) electrons. The normalized spacial score (nSPS) is 10.5. The van der Waals surface area contributed by atoms with Crippen molar-refractivity contribution in [2.24, 2.45) is 0 Å². The molecule has 4 rings (SSSR count). The van der Waals surface area contributed by atoms with E-state index in [1.807, 2.05) is 41.8 Å². The molecule has 0 aliphatic heterocycles. The molecule has 144 valence electrons. The molecule has 2 N–H and O–H groups in total. The predicted molar refractivity (Wildman–Crippen MR) is 116 cm³/mol. The fourth-order valence-corrected chi connectivity index (χ4v) is 4.01. The largest absolute Gasteiger partial charge is 0.321 e. The van der Waals surface area contributed by atoms with Gasteiger partial charge in [0, 0.05) is 17.7 Å². The molecule has 0 saturated heterocycles. The average molecular weight is 421 g/mol. The van der Waals surface area contributed by atoms with Crippen LogP contribution in [-0.4, -0.2) is 22.0 Å². The number of hydrogen-bond acceptors (Lipinski definition) is 6. The molecule has 0 saturated carbocycles. The zero-order valence-corrected chi connectivity index (χ0v) is 16.8. The summed E-state index contributed by atoms with van der Waals surface area (Å²) in [6, 6.07) is 20.3. The molecule has 2 aromatic carbocycles. The smallest absolute Gasteiger partial charge is 0.265 e. The highest BCUT2D eigenvalue weighted by Gasteiger charge is 2.12. The number of anilines is 2. The minimum atomic E-state index is -0.274. The number of carbonyl (C=O) groups is 2. The van der Waals surface area contributed by atoms with E-state index in [9.17, 15) is 9.59 Å². The third-order valence-corrected chi connectivity index (χ3v) is 5.74. The van der Waals surface area contributed by atoms with Crippen LogP contribution in [0.15, 0.2) is 72.1 Å². The van der Waals surface area contributed by atoms with Crippen LogP contribution in [0, 0.1) is 0 Å². The summed E-state index contributed by atoms with van der Waals surface area (Å²) in [5.41, 5.74) is 2.24. The lowest BCUT2D eigenvalue weighted by Gasteiger charge is -2.05. The molecule has 0 spiro atoms. The SMILES string of the molecule is O=C(Nc1nnc(Cc2ccccc2)s1)c1ccc(NC(=O)c2cccs2)cc1. The van der Waals surface area contributed by atoms with Crippen molar-refractivity contribution in [2.75, 3.05) is 10.6 Å². The Morgan fingerprint density at radius 3 is 2.34 bits per heavy atom. The van der Waals surface area contributed by atoms with Crippen LogP contribution in [0.1, 0.15) is 30.6 Å². The molecule has 6 nitrogen and oxygen atoms in total. The molecule has 0 fully saturated rings. The van der Waals surface area contributed by atoms with Gasteiger partial charge in [-0.1, -0.05) is 47.7 Å². The second kappa shape index (κ2) is 8.76. The van der Waals surface area contributed by atoms with Gasteiger partial charge in [-0.2, -0.15) is 0 Å². The Morgan fingerprint density at radius 1 is 0.828 bits per heavy atom. The molecule has 8 heteroatoms. The number of nitrogens with zero attached hydrogens (tertiary/aromatic N) is 2. The number of thiophene rings is 1. The highest BCUT2D eigenvalue weighted by Crippen LogP contribution is 2.20. The molecule has 0 aliphatic rings. The van der Waals surface area contributed by atoms with E-state index in [1.165, 1.54) is 22.7 Å². The van der Waals surface area contributed by atoms with Crippen molar-refractivity contribution in [3.8, 4) is 0 Å². The minimum Gasteiger partial charge on any atom is -0.321 e. The van der Waals surface area contributed by atoms with Crippen LogP contribution in [0.5, 0.6) is 0 Å². The Hall–Kier alpha value is -3.36. The van der Waals surface area contributed by atoms with Gasteiger partial charge >= 0.3 is 0 Å². The van der Waals surface area contributed by atoms with Crippen molar-refractivity contribution in [3.05, 3.63) is 93.1 Å². The fraction of sp³-hybridized carbons (Fsp3) is 0.0476. The number of nitrogens with one attached hydrogen (secondary N) is 2. The highest BCUT2D eigenvalue weighted by molar-refractivity contribution is 7.15. The first kappa shape index (κ1) is 19.0. The van der Waals surface area contributed by atoms with Gasteiger partial charge < -0.3 is 5.32 Å². The van der Waals surface area contributed by atoms with E-state index in [2.05, 4.69) is 20.8 Å². The van der Waals surface area contributed by atoms with Crippen LogP contribution in [0.3, 0.4) is 0 Å². The monoisotopic (exact) mass is 420 g/mol. The maximum absolute atomic E-state index is 12.4. The van der Waals surface area contributed by atoms with Crippen molar-refractivity contribution in [1.29, 1.82) is 0 Å². The molecule has 0 atom stereocenters. The predicted octanol–water partition coefficient (Wildman–Crippen LogP) is 4.70. The van der Waals surface area contributed by atoms with E-state index in [4.69, 9.17) is 0 Å². The van der Waals surface area contributed by atoms with E-state index < -0.39 is 0 Å². The quantitative estimate of drug-likeness (QED) is 0.474. The summed E-state index contributed by atoms with van der Waals surface area (Å²) in [7, 11) is 0. The number of aromatic nitrogens is 2. The Bertz CT molecular complexity index is 1110. The van der Waals surface area contributed by atoms with Gasteiger partial charge in [0.05, 0.1) is 4.88 Å². The number of benzene rings is 2. The molecule has 0 unspecified atom stereocenters. The van der Waals surface area contributed by atoms with Gasteiger partial charge in [-0.05, 0) is 41.3 Å². The zero-order valence-electron chi connectivity index (χ0n) is 15.2. The molecule has 4 aromatic rings. The molecule has 2 heterocycles. The lowest BCUT2D eigenvalue weighted by Crippen LogP contribution is -2.13. The molecule has 0 bridgehead atoms. The van der Waals surface area contributed by atoms with Crippen LogP contribution in [0.2, 0.25) is 0 Å². The van der Waals surface area contributed by atoms with Gasteiger partial charge in [-0.3, -0.25) is 14.9 Å². The summed E-state index contributed by atoms with van der Waals surface area (Å²) >= 11 is 2.72. The maximum Gasteiger partial charge on any atom is 0.265 e. The van der Waals surface area contributed by atoms with Gasteiger partial charge in [0.2, 0.25) is 5.13 Å². The van der Waals surface area contributed by atoms with Gasteiger partial charge in [0.25, 0.3) is 11.8 Å². The topological polar surface area (TPSA) is 84.0 Å².